The van der Waals surface area contributed by atoms with E-state index < -0.39 is 5.97 Å². The van der Waals surface area contributed by atoms with Crippen LogP contribution in [0.3, 0.4) is 0 Å². The van der Waals surface area contributed by atoms with Crippen molar-refractivity contribution in [3.05, 3.63) is 41.0 Å². The third-order valence-corrected chi connectivity index (χ3v) is 2.90. The molecular formula is C12H8ClN3O2. The summed E-state index contributed by atoms with van der Waals surface area (Å²) in [5, 5.41) is 16.9. The first-order valence-electron chi connectivity index (χ1n) is 5.21. The lowest BCUT2D eigenvalue weighted by Gasteiger charge is -1.89. The second kappa shape index (κ2) is 3.89. The van der Waals surface area contributed by atoms with Gasteiger partial charge in [0.15, 0.2) is 0 Å². The largest absolute Gasteiger partial charge is 0.477 e. The molecule has 0 aliphatic carbocycles. The lowest BCUT2D eigenvalue weighted by atomic mass is 10.2. The number of hydrogen-bond acceptors (Lipinski definition) is 2. The molecule has 2 aromatic heterocycles. The molecule has 0 unspecified atom stereocenters. The molecule has 0 aliphatic heterocycles. The van der Waals surface area contributed by atoms with Crippen LogP contribution in [0.4, 0.5) is 0 Å². The van der Waals surface area contributed by atoms with E-state index in [9.17, 15) is 4.79 Å². The Hall–Kier alpha value is -2.27. The number of carbonyl (C=O) groups is 1. The molecule has 0 spiro atoms. The minimum atomic E-state index is -1.03. The van der Waals surface area contributed by atoms with Gasteiger partial charge < -0.3 is 10.1 Å². The van der Waals surface area contributed by atoms with Crippen molar-refractivity contribution in [2.75, 3.05) is 0 Å². The summed E-state index contributed by atoms with van der Waals surface area (Å²) >= 11 is 5.91. The summed E-state index contributed by atoms with van der Waals surface area (Å²) < 4.78 is 0. The quantitative estimate of drug-likeness (QED) is 0.663. The summed E-state index contributed by atoms with van der Waals surface area (Å²) in [6.07, 6.45) is 0. The maximum absolute atomic E-state index is 10.8. The number of fused-ring (bicyclic) bond motifs is 1. The number of benzene rings is 1. The number of nitrogens with zero attached hydrogens (tertiary/aromatic N) is 1. The van der Waals surface area contributed by atoms with Gasteiger partial charge >= 0.3 is 5.97 Å². The first kappa shape index (κ1) is 10.9. The first-order chi connectivity index (χ1) is 8.63. The van der Waals surface area contributed by atoms with Gasteiger partial charge in [0.05, 0.1) is 5.69 Å². The summed E-state index contributed by atoms with van der Waals surface area (Å²) in [4.78, 5) is 13.9. The third-order valence-electron chi connectivity index (χ3n) is 2.67. The van der Waals surface area contributed by atoms with Crippen LogP contribution < -0.4 is 0 Å². The van der Waals surface area contributed by atoms with Crippen LogP contribution in [-0.4, -0.2) is 26.3 Å². The van der Waals surface area contributed by atoms with Gasteiger partial charge in [-0.25, -0.2) is 4.79 Å². The SMILES string of the molecule is O=C(O)c1cc(-c2cc3cc(Cl)ccc3[nH]2)n[nH]1. The van der Waals surface area contributed by atoms with Gasteiger partial charge in [-0.05, 0) is 24.3 Å². The molecule has 6 heteroatoms. The Labute approximate surface area is 106 Å². The predicted octanol–water partition coefficient (Wildman–Crippen LogP) is 2.91. The number of H-pyrrole nitrogens is 2. The zero-order valence-corrected chi connectivity index (χ0v) is 9.82. The minimum Gasteiger partial charge on any atom is -0.477 e. The average molecular weight is 262 g/mol. The van der Waals surface area contributed by atoms with Crippen LogP contribution in [0.15, 0.2) is 30.3 Å². The van der Waals surface area contributed by atoms with Crippen molar-refractivity contribution in [1.29, 1.82) is 0 Å². The highest BCUT2D eigenvalue weighted by atomic mass is 35.5. The Bertz CT molecular complexity index is 745. The molecule has 3 rings (SSSR count). The third kappa shape index (κ3) is 1.74. The van der Waals surface area contributed by atoms with Crippen LogP contribution in [0.5, 0.6) is 0 Å². The normalized spacial score (nSPS) is 10.9. The van der Waals surface area contributed by atoms with Crippen molar-refractivity contribution in [1.82, 2.24) is 15.2 Å². The van der Waals surface area contributed by atoms with Crippen LogP contribution in [-0.2, 0) is 0 Å². The monoisotopic (exact) mass is 261 g/mol. The number of aromatic carboxylic acids is 1. The second-order valence-electron chi connectivity index (χ2n) is 3.89. The molecule has 3 aromatic rings. The van der Waals surface area contributed by atoms with Crippen molar-refractivity contribution in [3.8, 4) is 11.4 Å². The Morgan fingerprint density at radius 2 is 2.11 bits per heavy atom. The highest BCUT2D eigenvalue weighted by molar-refractivity contribution is 6.31. The number of nitrogens with one attached hydrogen (secondary N) is 2. The number of halogens is 1. The molecule has 90 valence electrons. The summed E-state index contributed by atoms with van der Waals surface area (Å²) in [7, 11) is 0. The maximum atomic E-state index is 10.8. The van der Waals surface area contributed by atoms with Crippen molar-refractivity contribution in [2.45, 2.75) is 0 Å². The maximum Gasteiger partial charge on any atom is 0.353 e. The Morgan fingerprint density at radius 1 is 1.28 bits per heavy atom. The fourth-order valence-corrected chi connectivity index (χ4v) is 1.99. The number of carboxylic acid groups (broad SMARTS) is 1. The molecule has 18 heavy (non-hydrogen) atoms. The highest BCUT2D eigenvalue weighted by Gasteiger charge is 2.11. The fraction of sp³-hybridized carbons (Fsp3) is 0. The number of rotatable bonds is 2. The summed E-state index contributed by atoms with van der Waals surface area (Å²) in [5.74, 6) is -1.03. The molecule has 0 fully saturated rings. The van der Waals surface area contributed by atoms with Gasteiger partial charge in [-0.15, -0.1) is 0 Å². The second-order valence-corrected chi connectivity index (χ2v) is 4.32. The molecular weight excluding hydrogens is 254 g/mol. The first-order valence-corrected chi connectivity index (χ1v) is 5.58. The number of aromatic nitrogens is 3. The van der Waals surface area contributed by atoms with Crippen LogP contribution >= 0.6 is 11.6 Å². The standard InChI is InChI=1S/C12H8ClN3O2/c13-7-1-2-8-6(3-7)4-9(14-8)10-5-11(12(17)18)16-15-10/h1-5,14H,(H,15,16)(H,17,18). The van der Waals surface area contributed by atoms with E-state index in [1.807, 2.05) is 18.2 Å². The van der Waals surface area contributed by atoms with Crippen molar-refractivity contribution < 1.29 is 9.90 Å². The number of carboxylic acids is 1. The predicted molar refractivity (Wildman–Crippen MR) is 67.8 cm³/mol. The van der Waals surface area contributed by atoms with E-state index >= 15 is 0 Å². The minimum absolute atomic E-state index is 0.0571. The van der Waals surface area contributed by atoms with Gasteiger partial charge in [-0.3, -0.25) is 5.10 Å². The van der Waals surface area contributed by atoms with Crippen molar-refractivity contribution >= 4 is 28.5 Å². The summed E-state index contributed by atoms with van der Waals surface area (Å²) in [6, 6.07) is 8.85. The molecule has 1 aromatic carbocycles. The number of aromatic amines is 2. The topological polar surface area (TPSA) is 81.8 Å². The average Bonchev–Trinajstić information content (AvgIpc) is 2.93. The molecule has 0 bridgehead atoms. The van der Waals surface area contributed by atoms with Crippen molar-refractivity contribution in [2.24, 2.45) is 0 Å². The van der Waals surface area contributed by atoms with E-state index in [1.165, 1.54) is 6.07 Å². The van der Waals surface area contributed by atoms with E-state index in [0.717, 1.165) is 16.6 Å². The molecule has 2 heterocycles. The van der Waals surface area contributed by atoms with E-state index in [0.29, 0.717) is 10.7 Å². The molecule has 0 saturated heterocycles. The smallest absolute Gasteiger partial charge is 0.353 e. The highest BCUT2D eigenvalue weighted by Crippen LogP contribution is 2.25. The molecule has 0 saturated carbocycles. The molecule has 0 amide bonds. The van der Waals surface area contributed by atoms with E-state index in [1.54, 1.807) is 6.07 Å². The van der Waals surface area contributed by atoms with E-state index in [4.69, 9.17) is 16.7 Å². The molecule has 0 radical (unpaired) electrons. The van der Waals surface area contributed by atoms with Crippen LogP contribution in [0.25, 0.3) is 22.3 Å². The van der Waals surface area contributed by atoms with Crippen LogP contribution in [0, 0.1) is 0 Å². The van der Waals surface area contributed by atoms with Gasteiger partial charge in [0.2, 0.25) is 0 Å². The van der Waals surface area contributed by atoms with E-state index in [-0.39, 0.29) is 5.69 Å². The molecule has 3 N–H and O–H groups in total. The van der Waals surface area contributed by atoms with Gasteiger partial charge in [0, 0.05) is 22.0 Å². The molecule has 0 aliphatic rings. The van der Waals surface area contributed by atoms with Gasteiger partial charge in [0.25, 0.3) is 0 Å². The Kier molecular flexibility index (Phi) is 2.34. The Morgan fingerprint density at radius 3 is 2.83 bits per heavy atom. The zero-order chi connectivity index (χ0) is 12.7. The zero-order valence-electron chi connectivity index (χ0n) is 9.07. The van der Waals surface area contributed by atoms with Crippen LogP contribution in [0.2, 0.25) is 5.02 Å². The molecule has 5 nitrogen and oxygen atoms in total. The number of hydrogen-bond donors (Lipinski definition) is 3. The van der Waals surface area contributed by atoms with Gasteiger partial charge in [-0.2, -0.15) is 5.10 Å². The lowest BCUT2D eigenvalue weighted by molar-refractivity contribution is 0.0690. The van der Waals surface area contributed by atoms with Gasteiger partial charge in [-0.1, -0.05) is 11.6 Å². The van der Waals surface area contributed by atoms with Crippen molar-refractivity contribution in [3.63, 3.8) is 0 Å². The molecule has 0 atom stereocenters. The van der Waals surface area contributed by atoms with E-state index in [2.05, 4.69) is 15.2 Å². The Balaban J connectivity index is 2.10. The summed E-state index contributed by atoms with van der Waals surface area (Å²) in [6.45, 7) is 0. The summed E-state index contributed by atoms with van der Waals surface area (Å²) in [5.41, 5.74) is 2.28. The van der Waals surface area contributed by atoms with Crippen LogP contribution in [0.1, 0.15) is 10.5 Å². The van der Waals surface area contributed by atoms with Gasteiger partial charge in [0.1, 0.15) is 11.4 Å². The lowest BCUT2D eigenvalue weighted by Crippen LogP contribution is -1.95. The fourth-order valence-electron chi connectivity index (χ4n) is 1.81.